The Hall–Kier alpha value is -1.86. The first-order valence-corrected chi connectivity index (χ1v) is 4.03. The summed E-state index contributed by atoms with van der Waals surface area (Å²) in [6.07, 6.45) is 0. The normalized spacial score (nSPS) is 11.5. The molecule has 1 aromatic carbocycles. The lowest BCUT2D eigenvalue weighted by atomic mass is 10.0. The van der Waals surface area contributed by atoms with E-state index in [1.54, 1.807) is 24.3 Å². The fourth-order valence-corrected chi connectivity index (χ4v) is 1.12. The van der Waals surface area contributed by atoms with Crippen molar-refractivity contribution in [3.8, 4) is 6.07 Å². The van der Waals surface area contributed by atoms with Crippen LogP contribution in [0.25, 0.3) is 0 Å². The highest BCUT2D eigenvalue weighted by atomic mass is 16.5. The van der Waals surface area contributed by atoms with E-state index in [4.69, 9.17) is 11.0 Å². The number of carbonyl (C=O) groups excluding carboxylic acids is 1. The number of nitrogens with zero attached hydrogens (tertiary/aromatic N) is 1. The molecule has 14 heavy (non-hydrogen) atoms. The molecule has 0 spiro atoms. The van der Waals surface area contributed by atoms with Crippen LogP contribution in [0.2, 0.25) is 0 Å². The highest BCUT2D eigenvalue weighted by Crippen LogP contribution is 2.15. The zero-order valence-corrected chi connectivity index (χ0v) is 7.73. The van der Waals surface area contributed by atoms with Crippen molar-refractivity contribution in [1.29, 1.82) is 5.26 Å². The molecule has 0 unspecified atom stereocenters. The van der Waals surface area contributed by atoms with Gasteiger partial charge in [-0.25, -0.2) is 0 Å². The number of nitrogens with two attached hydrogens (primary N) is 1. The van der Waals surface area contributed by atoms with E-state index in [9.17, 15) is 4.79 Å². The number of ether oxygens (including phenoxy) is 1. The molecule has 0 saturated carbocycles. The number of methoxy groups -OCH3 is 1. The van der Waals surface area contributed by atoms with Crippen LogP contribution < -0.4 is 5.73 Å². The number of carbonyl (C=O) groups is 1. The number of hydrogen-bond acceptors (Lipinski definition) is 4. The van der Waals surface area contributed by atoms with Gasteiger partial charge in [0.1, 0.15) is 6.04 Å². The molecule has 0 saturated heterocycles. The van der Waals surface area contributed by atoms with Crippen LogP contribution in [0.15, 0.2) is 24.3 Å². The lowest BCUT2D eigenvalue weighted by Crippen LogP contribution is -2.23. The lowest BCUT2D eigenvalue weighted by molar-refractivity contribution is -0.142. The third-order valence-electron chi connectivity index (χ3n) is 1.87. The molecule has 1 rings (SSSR count). The molecule has 0 aliphatic heterocycles. The quantitative estimate of drug-likeness (QED) is 0.697. The second kappa shape index (κ2) is 4.40. The molecule has 0 aliphatic rings. The van der Waals surface area contributed by atoms with E-state index >= 15 is 0 Å². The number of benzene rings is 1. The smallest absolute Gasteiger partial charge is 0.327 e. The first-order chi connectivity index (χ1) is 6.70. The molecule has 0 aliphatic carbocycles. The third kappa shape index (κ3) is 1.90. The van der Waals surface area contributed by atoms with Crippen LogP contribution in [0.5, 0.6) is 0 Å². The fourth-order valence-electron chi connectivity index (χ4n) is 1.12. The average Bonchev–Trinajstić information content (AvgIpc) is 2.26. The van der Waals surface area contributed by atoms with Crippen LogP contribution in [0.4, 0.5) is 0 Å². The topological polar surface area (TPSA) is 76.1 Å². The number of esters is 1. The summed E-state index contributed by atoms with van der Waals surface area (Å²) < 4.78 is 4.49. The Kier molecular flexibility index (Phi) is 3.21. The van der Waals surface area contributed by atoms with Crippen molar-refractivity contribution in [2.75, 3.05) is 7.11 Å². The highest BCUT2D eigenvalue weighted by molar-refractivity contribution is 5.78. The molecular weight excluding hydrogens is 180 g/mol. The Morgan fingerprint density at radius 2 is 2.21 bits per heavy atom. The number of hydrogen-bond donors (Lipinski definition) is 1. The molecule has 72 valence electrons. The zero-order valence-electron chi connectivity index (χ0n) is 7.73. The molecule has 0 radical (unpaired) electrons. The molecule has 0 amide bonds. The minimum atomic E-state index is -0.893. The second-order valence-corrected chi connectivity index (χ2v) is 2.70. The SMILES string of the molecule is COC(=O)[C@@H](N)c1ccccc1C#N. The molecule has 0 bridgehead atoms. The Balaban J connectivity index is 3.07. The molecule has 2 N–H and O–H groups in total. The third-order valence-corrected chi connectivity index (χ3v) is 1.87. The summed E-state index contributed by atoms with van der Waals surface area (Å²) in [5, 5.41) is 8.76. The van der Waals surface area contributed by atoms with E-state index in [-0.39, 0.29) is 0 Å². The van der Waals surface area contributed by atoms with Crippen molar-refractivity contribution < 1.29 is 9.53 Å². The summed E-state index contributed by atoms with van der Waals surface area (Å²) >= 11 is 0. The van der Waals surface area contributed by atoms with Gasteiger partial charge in [-0.05, 0) is 11.6 Å². The van der Waals surface area contributed by atoms with E-state index < -0.39 is 12.0 Å². The maximum Gasteiger partial charge on any atom is 0.327 e. The van der Waals surface area contributed by atoms with Crippen LogP contribution >= 0.6 is 0 Å². The molecule has 0 fully saturated rings. The van der Waals surface area contributed by atoms with Gasteiger partial charge < -0.3 is 10.5 Å². The molecule has 1 aromatic rings. The van der Waals surface area contributed by atoms with Gasteiger partial charge >= 0.3 is 5.97 Å². The van der Waals surface area contributed by atoms with Crippen molar-refractivity contribution >= 4 is 5.97 Å². The summed E-state index contributed by atoms with van der Waals surface area (Å²) in [7, 11) is 1.26. The molecule has 0 aromatic heterocycles. The Morgan fingerprint density at radius 3 is 2.79 bits per heavy atom. The maximum atomic E-state index is 11.1. The second-order valence-electron chi connectivity index (χ2n) is 2.70. The predicted octanol–water partition coefficient (Wildman–Crippen LogP) is 0.731. The van der Waals surface area contributed by atoms with Gasteiger partial charge in [-0.15, -0.1) is 0 Å². The summed E-state index contributed by atoms with van der Waals surface area (Å²) in [4.78, 5) is 11.1. The summed E-state index contributed by atoms with van der Waals surface area (Å²) in [6, 6.07) is 7.76. The van der Waals surface area contributed by atoms with Gasteiger partial charge in [0, 0.05) is 0 Å². The maximum absolute atomic E-state index is 11.1. The average molecular weight is 190 g/mol. The minimum absolute atomic E-state index is 0.394. The molecule has 4 heteroatoms. The van der Waals surface area contributed by atoms with E-state index in [0.717, 1.165) is 0 Å². The number of rotatable bonds is 2. The first-order valence-electron chi connectivity index (χ1n) is 4.03. The molecule has 4 nitrogen and oxygen atoms in total. The van der Waals surface area contributed by atoms with Crippen molar-refractivity contribution in [1.82, 2.24) is 0 Å². The lowest BCUT2D eigenvalue weighted by Gasteiger charge is -2.10. The fraction of sp³-hybridized carbons (Fsp3) is 0.200. The molecule has 1 atom stereocenters. The van der Waals surface area contributed by atoms with Gasteiger partial charge in [0.15, 0.2) is 0 Å². The zero-order chi connectivity index (χ0) is 10.6. The van der Waals surface area contributed by atoms with Gasteiger partial charge in [-0.1, -0.05) is 18.2 Å². The van der Waals surface area contributed by atoms with Crippen molar-refractivity contribution in [3.05, 3.63) is 35.4 Å². The molecule has 0 heterocycles. The summed E-state index contributed by atoms with van der Waals surface area (Å²) in [6.45, 7) is 0. The van der Waals surface area contributed by atoms with Crippen LogP contribution in [-0.2, 0) is 9.53 Å². The Labute approximate surface area is 81.9 Å². The van der Waals surface area contributed by atoms with E-state index in [1.165, 1.54) is 7.11 Å². The predicted molar refractivity (Wildman–Crippen MR) is 50.1 cm³/mol. The minimum Gasteiger partial charge on any atom is -0.468 e. The Morgan fingerprint density at radius 1 is 1.57 bits per heavy atom. The van der Waals surface area contributed by atoms with Crippen molar-refractivity contribution in [3.63, 3.8) is 0 Å². The van der Waals surface area contributed by atoms with Gasteiger partial charge in [-0.2, -0.15) is 5.26 Å². The van der Waals surface area contributed by atoms with Crippen LogP contribution in [-0.4, -0.2) is 13.1 Å². The van der Waals surface area contributed by atoms with Crippen LogP contribution in [0.3, 0.4) is 0 Å². The van der Waals surface area contributed by atoms with Gasteiger partial charge in [0.2, 0.25) is 0 Å². The molecular formula is C10H10N2O2. The van der Waals surface area contributed by atoms with E-state index in [2.05, 4.69) is 4.74 Å². The van der Waals surface area contributed by atoms with Crippen molar-refractivity contribution in [2.45, 2.75) is 6.04 Å². The first kappa shape index (κ1) is 10.2. The van der Waals surface area contributed by atoms with Crippen LogP contribution in [0.1, 0.15) is 17.2 Å². The highest BCUT2D eigenvalue weighted by Gasteiger charge is 2.18. The van der Waals surface area contributed by atoms with Crippen molar-refractivity contribution in [2.24, 2.45) is 5.73 Å². The van der Waals surface area contributed by atoms with E-state index in [1.807, 2.05) is 6.07 Å². The monoisotopic (exact) mass is 190 g/mol. The Bertz CT molecular complexity index is 382. The van der Waals surface area contributed by atoms with Gasteiger partial charge in [0.25, 0.3) is 0 Å². The van der Waals surface area contributed by atoms with Gasteiger partial charge in [0.05, 0.1) is 18.7 Å². The summed E-state index contributed by atoms with van der Waals surface area (Å²) in [5.41, 5.74) is 6.48. The standard InChI is InChI=1S/C10H10N2O2/c1-14-10(13)9(12)8-5-3-2-4-7(8)6-11/h2-5,9H,12H2,1H3/t9-/m0/s1. The number of nitriles is 1. The van der Waals surface area contributed by atoms with Crippen LogP contribution in [0, 0.1) is 11.3 Å². The largest absolute Gasteiger partial charge is 0.468 e. The summed E-state index contributed by atoms with van der Waals surface area (Å²) in [5.74, 6) is -0.548. The van der Waals surface area contributed by atoms with Gasteiger partial charge in [-0.3, -0.25) is 4.79 Å². The van der Waals surface area contributed by atoms with E-state index in [0.29, 0.717) is 11.1 Å².